The molecule has 0 N–H and O–H groups in total. The highest BCUT2D eigenvalue weighted by molar-refractivity contribution is 5.95. The largest absolute Gasteiger partial charge is 0.494 e. The number of nitrogens with zero attached hydrogens (tertiary/aromatic N) is 4. The van der Waals surface area contributed by atoms with Gasteiger partial charge in [0.15, 0.2) is 11.5 Å². The number of hydrogen-bond donors (Lipinski definition) is 0. The van der Waals surface area contributed by atoms with E-state index in [1.165, 1.54) is 7.11 Å². The third kappa shape index (κ3) is 2.63. The molecule has 2 aromatic rings. The summed E-state index contributed by atoms with van der Waals surface area (Å²) in [6.45, 7) is 3.74. The molecule has 0 fully saturated rings. The molecule has 0 aliphatic carbocycles. The van der Waals surface area contributed by atoms with Gasteiger partial charge in [-0.3, -0.25) is 4.79 Å². The van der Waals surface area contributed by atoms with Gasteiger partial charge in [0.1, 0.15) is 11.4 Å². The van der Waals surface area contributed by atoms with Crippen molar-refractivity contribution in [2.75, 3.05) is 7.11 Å². The van der Waals surface area contributed by atoms with Crippen LogP contribution in [0, 0.1) is 11.3 Å². The third-order valence-corrected chi connectivity index (χ3v) is 3.22. The van der Waals surface area contributed by atoms with Crippen molar-refractivity contribution < 1.29 is 9.53 Å². The molecule has 0 atom stereocenters. The van der Waals surface area contributed by atoms with Crippen molar-refractivity contribution in [3.63, 3.8) is 0 Å². The minimum atomic E-state index is -0.0364. The number of rotatable bonds is 5. The van der Waals surface area contributed by atoms with E-state index in [-0.39, 0.29) is 5.78 Å². The van der Waals surface area contributed by atoms with Gasteiger partial charge in [0.2, 0.25) is 0 Å². The molecule has 1 heterocycles. The summed E-state index contributed by atoms with van der Waals surface area (Å²) in [6.07, 6.45) is 1.01. The highest BCUT2D eigenvalue weighted by atomic mass is 16.5. The number of benzene rings is 1. The Hall–Kier alpha value is -2.68. The summed E-state index contributed by atoms with van der Waals surface area (Å²) in [7, 11) is 1.53. The van der Waals surface area contributed by atoms with Crippen molar-refractivity contribution in [1.82, 2.24) is 15.0 Å². The maximum Gasteiger partial charge on any atom is 0.184 e. The number of aromatic nitrogens is 3. The lowest BCUT2D eigenvalue weighted by atomic mass is 10.1. The summed E-state index contributed by atoms with van der Waals surface area (Å²) in [5, 5.41) is 17.0. The molecule has 0 bridgehead atoms. The number of nitriles is 1. The van der Waals surface area contributed by atoms with E-state index in [9.17, 15) is 4.79 Å². The number of hydrogen-bond acceptors (Lipinski definition) is 5. The van der Waals surface area contributed by atoms with E-state index in [1.54, 1.807) is 29.8 Å². The average molecular weight is 284 g/mol. The van der Waals surface area contributed by atoms with Crippen LogP contribution in [0.3, 0.4) is 0 Å². The van der Waals surface area contributed by atoms with Crippen molar-refractivity contribution in [1.29, 1.82) is 5.26 Å². The number of ketones is 1. The molecule has 0 spiro atoms. The van der Waals surface area contributed by atoms with Crippen LogP contribution in [0.25, 0.3) is 5.69 Å². The topological polar surface area (TPSA) is 80.8 Å². The van der Waals surface area contributed by atoms with Crippen LogP contribution >= 0.6 is 0 Å². The summed E-state index contributed by atoms with van der Waals surface area (Å²) in [5.41, 5.74) is 2.30. The molecule has 0 unspecified atom stereocenters. The molecule has 2 rings (SSSR count). The maximum absolute atomic E-state index is 11.9. The monoisotopic (exact) mass is 284 g/mol. The molecular weight excluding hydrogens is 268 g/mol. The van der Waals surface area contributed by atoms with Gasteiger partial charge in [-0.25, -0.2) is 4.68 Å². The first-order valence-corrected chi connectivity index (χ1v) is 6.72. The minimum absolute atomic E-state index is 0.0364. The summed E-state index contributed by atoms with van der Waals surface area (Å²) in [5.74, 6) is 0.481. The lowest BCUT2D eigenvalue weighted by molar-refractivity contribution is 0.0982. The lowest BCUT2D eigenvalue weighted by Gasteiger charge is -2.10. The zero-order chi connectivity index (χ0) is 15.4. The first-order chi connectivity index (χ1) is 10.2. The second kappa shape index (κ2) is 6.18. The lowest BCUT2D eigenvalue weighted by Crippen LogP contribution is -2.07. The number of Topliss-reactive ketones (excluding diaryl/α,β-unsaturated/α-hetero) is 1. The molecule has 1 aromatic heterocycles. The highest BCUT2D eigenvalue weighted by Crippen LogP contribution is 2.25. The summed E-state index contributed by atoms with van der Waals surface area (Å²) >= 11 is 0. The molecule has 0 radical (unpaired) electrons. The van der Waals surface area contributed by atoms with Crippen LogP contribution in [0.5, 0.6) is 5.75 Å². The number of carbonyl (C=O) groups is 1. The Kier molecular flexibility index (Phi) is 4.33. The second-order valence-electron chi connectivity index (χ2n) is 4.43. The molecule has 0 amide bonds. The normalized spacial score (nSPS) is 10.2. The van der Waals surface area contributed by atoms with Gasteiger partial charge >= 0.3 is 0 Å². The summed E-state index contributed by atoms with van der Waals surface area (Å²) in [6, 6.07) is 7.12. The number of carbonyl (C=O) groups excluding carboxylic acids is 1. The Morgan fingerprint density at radius 1 is 1.43 bits per heavy atom. The van der Waals surface area contributed by atoms with E-state index in [4.69, 9.17) is 10.00 Å². The van der Waals surface area contributed by atoms with Crippen molar-refractivity contribution >= 4 is 5.78 Å². The zero-order valence-corrected chi connectivity index (χ0v) is 12.3. The quantitative estimate of drug-likeness (QED) is 0.787. The van der Waals surface area contributed by atoms with Crippen molar-refractivity contribution in [2.24, 2.45) is 0 Å². The fraction of sp³-hybridized carbons (Fsp3) is 0.333. The minimum Gasteiger partial charge on any atom is -0.494 e. The van der Waals surface area contributed by atoms with Crippen LogP contribution in [-0.2, 0) is 6.42 Å². The van der Waals surface area contributed by atoms with Gasteiger partial charge in [-0.05, 0) is 18.6 Å². The Labute approximate surface area is 123 Å². The van der Waals surface area contributed by atoms with Gasteiger partial charge in [0.25, 0.3) is 0 Å². The van der Waals surface area contributed by atoms with Crippen molar-refractivity contribution in [3.05, 3.63) is 35.2 Å². The van der Waals surface area contributed by atoms with Crippen LogP contribution in [0.2, 0.25) is 0 Å². The maximum atomic E-state index is 11.9. The number of methoxy groups -OCH3 is 1. The standard InChI is InChI=1S/C15H16N4O2/c1-4-11-15(13(20)5-2)17-18-19(11)12-7-6-10(9-16)8-14(12)21-3/h6-8H,4-5H2,1-3H3. The molecule has 21 heavy (non-hydrogen) atoms. The molecular formula is C15H16N4O2. The number of ether oxygens (including phenoxy) is 1. The molecule has 1 aromatic carbocycles. The highest BCUT2D eigenvalue weighted by Gasteiger charge is 2.19. The van der Waals surface area contributed by atoms with Gasteiger partial charge in [0, 0.05) is 12.5 Å². The van der Waals surface area contributed by atoms with Gasteiger partial charge in [-0.1, -0.05) is 19.1 Å². The molecule has 0 saturated carbocycles. The fourth-order valence-electron chi connectivity index (χ4n) is 2.12. The third-order valence-electron chi connectivity index (χ3n) is 3.22. The van der Waals surface area contributed by atoms with E-state index in [1.807, 2.05) is 6.92 Å². The molecule has 0 aliphatic rings. The van der Waals surface area contributed by atoms with E-state index >= 15 is 0 Å². The zero-order valence-electron chi connectivity index (χ0n) is 12.3. The van der Waals surface area contributed by atoms with Gasteiger partial charge in [0.05, 0.1) is 24.4 Å². The van der Waals surface area contributed by atoms with Crippen LogP contribution in [0.15, 0.2) is 18.2 Å². The summed E-state index contributed by atoms with van der Waals surface area (Å²) < 4.78 is 6.91. The molecule has 108 valence electrons. The Bertz CT molecular complexity index is 713. The van der Waals surface area contributed by atoms with Crippen molar-refractivity contribution in [2.45, 2.75) is 26.7 Å². The SMILES string of the molecule is CCC(=O)c1nnn(-c2ccc(C#N)cc2OC)c1CC. The van der Waals surface area contributed by atoms with E-state index in [0.717, 1.165) is 5.69 Å². The predicted octanol–water partition coefficient (Wildman–Crippen LogP) is 2.30. The van der Waals surface area contributed by atoms with Gasteiger partial charge in [-0.2, -0.15) is 5.26 Å². The average Bonchev–Trinajstić information content (AvgIpc) is 2.96. The molecule has 6 nitrogen and oxygen atoms in total. The van der Waals surface area contributed by atoms with Crippen LogP contribution in [-0.4, -0.2) is 27.9 Å². The molecule has 0 aliphatic heterocycles. The van der Waals surface area contributed by atoms with Crippen molar-refractivity contribution in [3.8, 4) is 17.5 Å². The molecule has 6 heteroatoms. The Morgan fingerprint density at radius 2 is 2.19 bits per heavy atom. The summed E-state index contributed by atoms with van der Waals surface area (Å²) in [4.78, 5) is 11.9. The molecule has 0 saturated heterocycles. The van der Waals surface area contributed by atoms with Gasteiger partial charge in [-0.15, -0.1) is 5.10 Å². The predicted molar refractivity (Wildman–Crippen MR) is 76.6 cm³/mol. The van der Waals surface area contributed by atoms with E-state index in [0.29, 0.717) is 35.5 Å². The fourth-order valence-corrected chi connectivity index (χ4v) is 2.12. The Balaban J connectivity index is 2.60. The first-order valence-electron chi connectivity index (χ1n) is 6.72. The first kappa shape index (κ1) is 14.7. The Morgan fingerprint density at radius 3 is 2.76 bits per heavy atom. The van der Waals surface area contributed by atoms with Crippen LogP contribution in [0.1, 0.15) is 42.0 Å². The van der Waals surface area contributed by atoms with Crippen LogP contribution < -0.4 is 4.74 Å². The van der Waals surface area contributed by atoms with Gasteiger partial charge < -0.3 is 4.74 Å². The van der Waals surface area contributed by atoms with E-state index < -0.39 is 0 Å². The van der Waals surface area contributed by atoms with Crippen LogP contribution in [0.4, 0.5) is 0 Å². The smallest absolute Gasteiger partial charge is 0.184 e. The second-order valence-corrected chi connectivity index (χ2v) is 4.43. The van der Waals surface area contributed by atoms with E-state index in [2.05, 4.69) is 16.4 Å².